The molecule has 126 valence electrons. The minimum absolute atomic E-state index is 0.0527. The molecule has 1 heterocycles. The van der Waals surface area contributed by atoms with Crippen LogP contribution in [-0.2, 0) is 6.54 Å². The lowest BCUT2D eigenvalue weighted by atomic mass is 9.95. The summed E-state index contributed by atoms with van der Waals surface area (Å²) >= 11 is 0. The van der Waals surface area contributed by atoms with Crippen LogP contribution < -0.4 is 5.32 Å². The number of pyridine rings is 1. The lowest BCUT2D eigenvalue weighted by Gasteiger charge is -2.23. The van der Waals surface area contributed by atoms with Gasteiger partial charge in [-0.3, -0.25) is 4.79 Å². The summed E-state index contributed by atoms with van der Waals surface area (Å²) in [5.74, 6) is -0.0527. The molecule has 0 spiro atoms. The van der Waals surface area contributed by atoms with Crippen LogP contribution in [0.4, 0.5) is 5.69 Å². The van der Waals surface area contributed by atoms with E-state index in [4.69, 9.17) is 0 Å². The van der Waals surface area contributed by atoms with Crippen LogP contribution in [0.15, 0.2) is 48.7 Å². The lowest BCUT2D eigenvalue weighted by Crippen LogP contribution is -2.27. The molecule has 1 aromatic heterocycles. The molecule has 3 rings (SSSR count). The molecule has 4 nitrogen and oxygen atoms in total. The second kappa shape index (κ2) is 7.95. The van der Waals surface area contributed by atoms with Crippen molar-refractivity contribution in [1.82, 2.24) is 9.88 Å². The number of carbonyl (C=O) groups excluding carboxylic acids is 1. The van der Waals surface area contributed by atoms with Crippen LogP contribution in [0.2, 0.25) is 0 Å². The fourth-order valence-corrected chi connectivity index (χ4v) is 3.21. The fraction of sp³-hybridized carbons (Fsp3) is 0.400. The first-order valence-electron chi connectivity index (χ1n) is 8.74. The highest BCUT2D eigenvalue weighted by atomic mass is 16.2. The van der Waals surface area contributed by atoms with Crippen molar-refractivity contribution in [2.75, 3.05) is 12.4 Å². The van der Waals surface area contributed by atoms with Gasteiger partial charge in [0.15, 0.2) is 0 Å². The van der Waals surface area contributed by atoms with Crippen molar-refractivity contribution < 1.29 is 4.79 Å². The summed E-state index contributed by atoms with van der Waals surface area (Å²) in [6.07, 6.45) is 8.16. The smallest absolute Gasteiger partial charge is 0.272 e. The molecule has 1 fully saturated rings. The normalized spacial score (nSPS) is 15.0. The fourth-order valence-electron chi connectivity index (χ4n) is 3.21. The van der Waals surface area contributed by atoms with E-state index in [0.717, 1.165) is 11.3 Å². The van der Waals surface area contributed by atoms with Gasteiger partial charge in [0.25, 0.3) is 5.91 Å². The number of aromatic nitrogens is 1. The van der Waals surface area contributed by atoms with Crippen molar-refractivity contribution in [3.05, 3.63) is 59.9 Å². The number of amides is 1. The average molecular weight is 323 g/mol. The Morgan fingerprint density at radius 2 is 1.88 bits per heavy atom. The highest BCUT2D eigenvalue weighted by Crippen LogP contribution is 2.21. The molecule has 1 saturated carbocycles. The summed E-state index contributed by atoms with van der Waals surface area (Å²) in [5.41, 5.74) is 2.61. The van der Waals surface area contributed by atoms with E-state index in [9.17, 15) is 4.79 Å². The Labute approximate surface area is 143 Å². The molecule has 0 radical (unpaired) electrons. The van der Waals surface area contributed by atoms with E-state index in [1.54, 1.807) is 11.1 Å². The lowest BCUT2D eigenvalue weighted by molar-refractivity contribution is 0.0779. The van der Waals surface area contributed by atoms with Gasteiger partial charge in [-0.25, -0.2) is 4.98 Å². The van der Waals surface area contributed by atoms with Crippen LogP contribution in [0.1, 0.15) is 48.2 Å². The summed E-state index contributed by atoms with van der Waals surface area (Å²) in [7, 11) is 1.81. The molecule has 2 aromatic rings. The van der Waals surface area contributed by atoms with Crippen molar-refractivity contribution in [2.45, 2.75) is 44.7 Å². The van der Waals surface area contributed by atoms with Gasteiger partial charge in [0.05, 0.1) is 11.9 Å². The Kier molecular flexibility index (Phi) is 5.47. The highest BCUT2D eigenvalue weighted by Gasteiger charge is 2.15. The minimum Gasteiger partial charge on any atom is -0.381 e. The van der Waals surface area contributed by atoms with E-state index in [-0.39, 0.29) is 5.91 Å². The first-order chi connectivity index (χ1) is 11.7. The third-order valence-corrected chi connectivity index (χ3v) is 4.57. The standard InChI is InChI=1S/C20H25N3O/c1-23(15-16-8-4-2-5-9-16)20(24)19-13-12-18(14-21-19)22-17-10-6-3-7-11-17/h2,4-5,8-9,12-14,17,22H,3,6-7,10-11,15H2,1H3. The van der Waals surface area contributed by atoms with Crippen molar-refractivity contribution in [3.8, 4) is 0 Å². The maximum Gasteiger partial charge on any atom is 0.272 e. The van der Waals surface area contributed by atoms with Gasteiger partial charge < -0.3 is 10.2 Å². The van der Waals surface area contributed by atoms with Crippen molar-refractivity contribution in [3.63, 3.8) is 0 Å². The van der Waals surface area contributed by atoms with Gasteiger partial charge in [-0.1, -0.05) is 49.6 Å². The molecular weight excluding hydrogens is 298 g/mol. The third-order valence-electron chi connectivity index (χ3n) is 4.57. The van der Waals surface area contributed by atoms with Crippen LogP contribution in [0.25, 0.3) is 0 Å². The Morgan fingerprint density at radius 3 is 2.54 bits per heavy atom. The van der Waals surface area contributed by atoms with E-state index >= 15 is 0 Å². The van der Waals surface area contributed by atoms with Gasteiger partial charge in [0.1, 0.15) is 5.69 Å². The molecule has 0 aliphatic heterocycles. The average Bonchev–Trinajstić information content (AvgIpc) is 2.63. The van der Waals surface area contributed by atoms with Crippen molar-refractivity contribution in [1.29, 1.82) is 0 Å². The molecule has 0 unspecified atom stereocenters. The second-order valence-corrected chi connectivity index (χ2v) is 6.56. The topological polar surface area (TPSA) is 45.2 Å². The third kappa shape index (κ3) is 4.34. The molecule has 4 heteroatoms. The Balaban J connectivity index is 1.58. The Bertz CT molecular complexity index is 648. The first-order valence-corrected chi connectivity index (χ1v) is 8.74. The second-order valence-electron chi connectivity index (χ2n) is 6.56. The summed E-state index contributed by atoms with van der Waals surface area (Å²) in [4.78, 5) is 18.5. The molecule has 1 aromatic carbocycles. The summed E-state index contributed by atoms with van der Waals surface area (Å²) in [6.45, 7) is 0.587. The highest BCUT2D eigenvalue weighted by molar-refractivity contribution is 5.92. The first kappa shape index (κ1) is 16.5. The van der Waals surface area contributed by atoms with Gasteiger partial charge in [-0.05, 0) is 30.5 Å². The van der Waals surface area contributed by atoms with Crippen LogP contribution in [0, 0.1) is 0 Å². The van der Waals surface area contributed by atoms with Gasteiger partial charge in [0.2, 0.25) is 0 Å². The predicted molar refractivity (Wildman–Crippen MR) is 97.0 cm³/mol. The Hall–Kier alpha value is -2.36. The molecule has 1 N–H and O–H groups in total. The number of nitrogens with zero attached hydrogens (tertiary/aromatic N) is 2. The molecule has 1 aliphatic carbocycles. The summed E-state index contributed by atoms with van der Waals surface area (Å²) < 4.78 is 0. The van der Waals surface area contributed by atoms with E-state index in [0.29, 0.717) is 18.3 Å². The predicted octanol–water partition coefficient (Wildman–Crippen LogP) is 4.10. The van der Waals surface area contributed by atoms with Crippen LogP contribution in [0.3, 0.4) is 0 Å². The van der Waals surface area contributed by atoms with Gasteiger partial charge in [0, 0.05) is 19.6 Å². The number of benzene rings is 1. The molecule has 0 atom stereocenters. The number of carbonyl (C=O) groups is 1. The van der Waals surface area contributed by atoms with E-state index in [1.807, 2.05) is 49.5 Å². The van der Waals surface area contributed by atoms with E-state index in [1.165, 1.54) is 32.1 Å². The van der Waals surface area contributed by atoms with E-state index < -0.39 is 0 Å². The Morgan fingerprint density at radius 1 is 1.12 bits per heavy atom. The maximum atomic E-state index is 12.5. The van der Waals surface area contributed by atoms with E-state index in [2.05, 4.69) is 10.3 Å². The van der Waals surface area contributed by atoms with Crippen molar-refractivity contribution in [2.24, 2.45) is 0 Å². The number of anilines is 1. The zero-order valence-corrected chi connectivity index (χ0v) is 14.2. The van der Waals surface area contributed by atoms with Crippen LogP contribution >= 0.6 is 0 Å². The largest absolute Gasteiger partial charge is 0.381 e. The van der Waals surface area contributed by atoms with Crippen LogP contribution in [-0.4, -0.2) is 28.9 Å². The van der Waals surface area contributed by atoms with Gasteiger partial charge in [-0.2, -0.15) is 0 Å². The minimum atomic E-state index is -0.0527. The van der Waals surface area contributed by atoms with Gasteiger partial charge >= 0.3 is 0 Å². The summed E-state index contributed by atoms with van der Waals surface area (Å²) in [5, 5.41) is 3.53. The van der Waals surface area contributed by atoms with Crippen LogP contribution in [0.5, 0.6) is 0 Å². The molecule has 1 aliphatic rings. The monoisotopic (exact) mass is 323 g/mol. The van der Waals surface area contributed by atoms with Gasteiger partial charge in [-0.15, -0.1) is 0 Å². The summed E-state index contributed by atoms with van der Waals surface area (Å²) in [6, 6.07) is 14.3. The number of rotatable bonds is 5. The zero-order chi connectivity index (χ0) is 16.8. The number of hydrogen-bond donors (Lipinski definition) is 1. The quantitative estimate of drug-likeness (QED) is 0.901. The SMILES string of the molecule is CN(Cc1ccccc1)C(=O)c1ccc(NC2CCCCC2)cn1. The number of hydrogen-bond acceptors (Lipinski definition) is 3. The van der Waals surface area contributed by atoms with Crippen molar-refractivity contribution >= 4 is 11.6 Å². The molecular formula is C20H25N3O. The maximum absolute atomic E-state index is 12.5. The molecule has 0 saturated heterocycles. The number of nitrogens with one attached hydrogen (secondary N) is 1. The zero-order valence-electron chi connectivity index (χ0n) is 14.2. The molecule has 24 heavy (non-hydrogen) atoms. The molecule has 0 bridgehead atoms. The molecule has 1 amide bonds.